The van der Waals surface area contributed by atoms with Crippen LogP contribution in [-0.4, -0.2) is 41.5 Å². The number of thiocarbonyl (C=S) groups is 4. The van der Waals surface area contributed by atoms with Crippen molar-refractivity contribution in [2.45, 2.75) is 13.8 Å². The second kappa shape index (κ2) is 9.91. The van der Waals surface area contributed by atoms with Crippen molar-refractivity contribution in [1.82, 2.24) is 9.80 Å². The van der Waals surface area contributed by atoms with Gasteiger partial charge in [-0.25, -0.2) is 0 Å². The van der Waals surface area contributed by atoms with Crippen molar-refractivity contribution in [1.29, 1.82) is 0 Å². The normalized spacial score (nSPS) is 18.0. The zero-order valence-electron chi connectivity index (χ0n) is 22.7. The monoisotopic (exact) mass is 650 g/mol. The average Bonchev–Trinajstić information content (AvgIpc) is 3.47. The lowest BCUT2D eigenvalue weighted by atomic mass is 9.83. The largest absolute Gasteiger partial charge is 0.317 e. The molecule has 2 fully saturated rings. The minimum Gasteiger partial charge on any atom is -0.317 e. The van der Waals surface area contributed by atoms with Crippen LogP contribution in [0.2, 0.25) is 0 Å². The van der Waals surface area contributed by atoms with Gasteiger partial charge in [-0.2, -0.15) is 0 Å². The molecule has 2 nitrogen and oxygen atoms in total. The molecule has 8 heteroatoms. The highest BCUT2D eigenvalue weighted by atomic mass is 32.2. The molecule has 0 aliphatic carbocycles. The van der Waals surface area contributed by atoms with Crippen molar-refractivity contribution >= 4 is 156 Å². The summed E-state index contributed by atoms with van der Waals surface area (Å²) >= 11 is 24.6. The van der Waals surface area contributed by atoms with Crippen LogP contribution >= 0.6 is 72.4 Å². The Morgan fingerprint density at radius 2 is 0.643 bits per heavy atom. The summed E-state index contributed by atoms with van der Waals surface area (Å²) in [5.41, 5.74) is 0. The average molecular weight is 651 g/mol. The summed E-state index contributed by atoms with van der Waals surface area (Å²) in [5, 5.41) is 16.7. The Kier molecular flexibility index (Phi) is 6.34. The molecule has 2 aliphatic heterocycles. The van der Waals surface area contributed by atoms with Crippen LogP contribution in [0, 0.1) is 0 Å². The SMILES string of the molecule is CCN1C(=S)S/C(=C2/SC(=S)N(CC)C2=S)C1=S.c1cc2ccc3ccc4ccc5ccc6ccc1c1c2c3c4c5c61. The van der Waals surface area contributed by atoms with Crippen LogP contribution in [0.5, 0.6) is 0 Å². The molecule has 204 valence electrons. The summed E-state index contributed by atoms with van der Waals surface area (Å²) in [7, 11) is 0. The van der Waals surface area contributed by atoms with Crippen LogP contribution in [0.15, 0.2) is 82.6 Å². The van der Waals surface area contributed by atoms with Crippen molar-refractivity contribution in [3.8, 4) is 0 Å². The van der Waals surface area contributed by atoms with Crippen molar-refractivity contribution < 1.29 is 0 Å². The van der Waals surface area contributed by atoms with E-state index in [1.807, 2.05) is 23.6 Å². The Bertz CT molecular complexity index is 1880. The molecular formula is C34H22N2S6. The van der Waals surface area contributed by atoms with Gasteiger partial charge in [0.15, 0.2) is 0 Å². The summed E-state index contributed by atoms with van der Waals surface area (Å²) in [6, 6.07) is 27.3. The maximum absolute atomic E-state index is 5.47. The highest BCUT2D eigenvalue weighted by Gasteiger charge is 2.36. The molecule has 0 amide bonds. The minimum atomic E-state index is 0.776. The van der Waals surface area contributed by atoms with Gasteiger partial charge < -0.3 is 9.80 Å². The number of nitrogens with zero attached hydrogens (tertiary/aromatic N) is 2. The van der Waals surface area contributed by atoms with Gasteiger partial charge in [0.1, 0.15) is 18.6 Å². The summed E-state index contributed by atoms with van der Waals surface area (Å²) in [4.78, 5) is 7.45. The predicted molar refractivity (Wildman–Crippen MR) is 202 cm³/mol. The third-order valence-corrected chi connectivity index (χ3v) is 12.6. The van der Waals surface area contributed by atoms with E-state index in [1.54, 1.807) is 0 Å². The highest BCUT2D eigenvalue weighted by Crippen LogP contribution is 2.48. The smallest absolute Gasteiger partial charge is 0.146 e. The lowest BCUT2D eigenvalue weighted by Crippen LogP contribution is -2.27. The number of thioether (sulfide) groups is 2. The van der Waals surface area contributed by atoms with Crippen molar-refractivity contribution in [3.63, 3.8) is 0 Å². The van der Waals surface area contributed by atoms with Gasteiger partial charge in [-0.05, 0) is 78.5 Å². The fourth-order valence-electron chi connectivity index (χ4n) is 6.51. The third kappa shape index (κ3) is 3.69. The Hall–Kier alpha value is -2.72. The van der Waals surface area contributed by atoms with Crippen molar-refractivity contribution in [3.05, 3.63) is 82.6 Å². The van der Waals surface area contributed by atoms with Gasteiger partial charge in [0.2, 0.25) is 0 Å². The molecule has 2 heterocycles. The predicted octanol–water partition coefficient (Wildman–Crippen LogP) is 10.5. The number of likely N-dealkylation sites (N-methyl/N-ethyl adjacent to an activating group) is 2. The van der Waals surface area contributed by atoms with E-state index < -0.39 is 0 Å². The first-order valence-electron chi connectivity index (χ1n) is 13.8. The van der Waals surface area contributed by atoms with Crippen LogP contribution in [0.25, 0.3) is 64.6 Å². The van der Waals surface area contributed by atoms with E-state index in [0.29, 0.717) is 0 Å². The Morgan fingerprint density at radius 1 is 0.429 bits per heavy atom. The molecule has 7 aromatic carbocycles. The molecule has 0 aromatic heterocycles. The van der Waals surface area contributed by atoms with Gasteiger partial charge in [0.25, 0.3) is 0 Å². The zero-order valence-corrected chi connectivity index (χ0v) is 27.6. The number of hydrogen-bond acceptors (Lipinski definition) is 6. The van der Waals surface area contributed by atoms with Crippen LogP contribution in [0.1, 0.15) is 13.8 Å². The third-order valence-electron chi connectivity index (χ3n) is 8.42. The Morgan fingerprint density at radius 3 is 0.810 bits per heavy atom. The molecule has 0 saturated carbocycles. The summed E-state index contributed by atoms with van der Waals surface area (Å²) in [5.74, 6) is 0. The second-order valence-corrected chi connectivity index (χ2v) is 14.5. The van der Waals surface area contributed by atoms with Crippen LogP contribution < -0.4 is 0 Å². The molecule has 0 N–H and O–H groups in total. The first kappa shape index (κ1) is 26.9. The maximum Gasteiger partial charge on any atom is 0.146 e. The van der Waals surface area contributed by atoms with Gasteiger partial charge in [-0.15, -0.1) is 0 Å². The zero-order chi connectivity index (χ0) is 28.9. The topological polar surface area (TPSA) is 6.48 Å². The maximum atomic E-state index is 5.47. The molecule has 9 rings (SSSR count). The standard InChI is InChI=1S/C24H12.C10H10N2S6/c1-2-14-5-6-16-9-11-18-12-10-17-8-7-15-4-3-13(1)19-20(14)22(16)24(18)23(17)21(15)19;1-3-11-7(13)5(17-9(11)15)6-8(14)12(4-2)10(16)18-6/h1-12H;3-4H2,1-2H3/b;6-5+. The van der Waals surface area contributed by atoms with Gasteiger partial charge >= 0.3 is 0 Å². The van der Waals surface area contributed by atoms with E-state index in [0.717, 1.165) is 41.5 Å². The lowest BCUT2D eigenvalue weighted by Gasteiger charge is -2.20. The molecule has 0 spiro atoms. The molecule has 7 aromatic rings. The van der Waals surface area contributed by atoms with E-state index >= 15 is 0 Å². The first-order chi connectivity index (χ1) is 20.4. The second-order valence-electron chi connectivity index (χ2n) is 10.5. The fourth-order valence-corrected chi connectivity index (χ4v) is 10.7. The molecule has 42 heavy (non-hydrogen) atoms. The molecule has 2 aliphatic rings. The van der Waals surface area contributed by atoms with Gasteiger partial charge in [0.05, 0.1) is 9.81 Å². The number of rotatable bonds is 2. The van der Waals surface area contributed by atoms with Crippen LogP contribution in [0.4, 0.5) is 0 Å². The molecule has 2 saturated heterocycles. The summed E-state index contributed by atoms with van der Waals surface area (Å²) in [6.07, 6.45) is 0. The van der Waals surface area contributed by atoms with Crippen molar-refractivity contribution in [2.75, 3.05) is 13.1 Å². The quantitative estimate of drug-likeness (QED) is 0.0779. The Balaban J connectivity index is 0.000000134. The molecule has 0 bridgehead atoms. The highest BCUT2D eigenvalue weighted by molar-refractivity contribution is 8.30. The lowest BCUT2D eigenvalue weighted by molar-refractivity contribution is 0.682. The van der Waals surface area contributed by atoms with E-state index in [-0.39, 0.29) is 0 Å². The molecular weight excluding hydrogens is 629 g/mol. The molecule has 0 atom stereocenters. The fraction of sp³-hybridized carbons (Fsp3) is 0.118. The first-order valence-corrected chi connectivity index (χ1v) is 17.1. The van der Waals surface area contributed by atoms with Crippen LogP contribution in [-0.2, 0) is 0 Å². The van der Waals surface area contributed by atoms with E-state index in [4.69, 9.17) is 48.9 Å². The van der Waals surface area contributed by atoms with Gasteiger partial charge in [0, 0.05) is 13.1 Å². The van der Waals surface area contributed by atoms with E-state index in [9.17, 15) is 0 Å². The number of benzene rings is 7. The minimum absolute atomic E-state index is 0.776. The molecule has 0 radical (unpaired) electrons. The summed E-state index contributed by atoms with van der Waals surface area (Å²) < 4.78 is 1.60. The molecule has 0 unspecified atom stereocenters. The van der Waals surface area contributed by atoms with Crippen molar-refractivity contribution in [2.24, 2.45) is 0 Å². The number of hydrogen-bond donors (Lipinski definition) is 0. The Labute approximate surface area is 273 Å². The van der Waals surface area contributed by atoms with E-state index in [1.165, 1.54) is 88.2 Å². The summed E-state index contributed by atoms with van der Waals surface area (Å²) in [6.45, 7) is 5.66. The van der Waals surface area contributed by atoms with Crippen LogP contribution in [0.3, 0.4) is 0 Å². The van der Waals surface area contributed by atoms with Gasteiger partial charge in [-0.1, -0.05) is 145 Å². The van der Waals surface area contributed by atoms with E-state index in [2.05, 4.69) is 72.8 Å². The van der Waals surface area contributed by atoms with Gasteiger partial charge in [-0.3, -0.25) is 0 Å².